The van der Waals surface area contributed by atoms with Crippen molar-refractivity contribution in [3.8, 4) is 0 Å². The van der Waals surface area contributed by atoms with Crippen LogP contribution in [0.15, 0.2) is 0 Å². The largest absolute Gasteiger partial charge is 0.355 e. The number of hydrogen-bond donors (Lipinski definition) is 2. The molecule has 2 N–H and O–H groups in total. The molecule has 2 unspecified atom stereocenters. The van der Waals surface area contributed by atoms with E-state index >= 15 is 0 Å². The summed E-state index contributed by atoms with van der Waals surface area (Å²) in [6, 6.07) is 0.289. The van der Waals surface area contributed by atoms with Crippen LogP contribution < -0.4 is 10.6 Å². The van der Waals surface area contributed by atoms with E-state index in [1.807, 2.05) is 32.5 Å². The number of carbonyl (C=O) groups excluding carboxylic acids is 1. The summed E-state index contributed by atoms with van der Waals surface area (Å²) >= 11 is 1.89. The highest BCUT2D eigenvalue weighted by Gasteiger charge is 2.20. The molecule has 0 aromatic rings. The summed E-state index contributed by atoms with van der Waals surface area (Å²) in [6.07, 6.45) is 0.523. The Morgan fingerprint density at radius 2 is 2.16 bits per heavy atom. The molecule has 2 atom stereocenters. The first kappa shape index (κ1) is 19.2. The van der Waals surface area contributed by atoms with Crippen molar-refractivity contribution in [3.05, 3.63) is 0 Å². The van der Waals surface area contributed by atoms with Crippen LogP contribution in [0.25, 0.3) is 0 Å². The first-order chi connectivity index (χ1) is 8.39. The van der Waals surface area contributed by atoms with E-state index in [0.29, 0.717) is 18.7 Å². The Kier molecular flexibility index (Phi) is 9.32. The highest BCUT2D eigenvalue weighted by atomic mass is 35.5. The predicted octanol–water partition coefficient (Wildman–Crippen LogP) is 1.17. The van der Waals surface area contributed by atoms with Gasteiger partial charge in [0.2, 0.25) is 5.91 Å². The molecule has 1 rings (SSSR count). The minimum atomic E-state index is -0.895. The Morgan fingerprint density at radius 1 is 1.47 bits per heavy atom. The molecule has 0 bridgehead atoms. The first-order valence-electron chi connectivity index (χ1n) is 6.36. The Bertz CT molecular complexity index is 303. The maximum absolute atomic E-state index is 11.8. The van der Waals surface area contributed by atoms with Gasteiger partial charge in [0, 0.05) is 58.4 Å². The van der Waals surface area contributed by atoms with Gasteiger partial charge in [-0.05, 0) is 20.8 Å². The Balaban J connectivity index is 0.00000324. The Labute approximate surface area is 129 Å². The van der Waals surface area contributed by atoms with E-state index in [1.54, 1.807) is 0 Å². The summed E-state index contributed by atoms with van der Waals surface area (Å²) in [5.41, 5.74) is 0. The number of nitrogens with one attached hydrogen (secondary N) is 2. The minimum absolute atomic E-state index is 0. The number of carbonyl (C=O) groups is 1. The van der Waals surface area contributed by atoms with Crippen LogP contribution in [-0.2, 0) is 15.6 Å². The Hall–Kier alpha value is 0.220. The zero-order chi connectivity index (χ0) is 13.6. The molecule has 7 heteroatoms. The van der Waals surface area contributed by atoms with Crippen molar-refractivity contribution in [1.82, 2.24) is 10.6 Å². The van der Waals surface area contributed by atoms with E-state index in [1.165, 1.54) is 0 Å². The van der Waals surface area contributed by atoms with Crippen LogP contribution in [-0.4, -0.2) is 51.3 Å². The van der Waals surface area contributed by atoms with Crippen LogP contribution >= 0.6 is 24.2 Å². The second-order valence-corrected chi connectivity index (χ2v) is 8.92. The second kappa shape index (κ2) is 9.21. The number of thioether (sulfide) groups is 1. The number of hydrogen-bond acceptors (Lipinski definition) is 4. The average Bonchev–Trinajstić information content (AvgIpc) is 2.28. The van der Waals surface area contributed by atoms with Gasteiger partial charge in [-0.25, -0.2) is 0 Å². The lowest BCUT2D eigenvalue weighted by atomic mass is 10.2. The molecule has 1 saturated heterocycles. The second-order valence-electron chi connectivity index (χ2n) is 5.44. The summed E-state index contributed by atoms with van der Waals surface area (Å²) in [6.45, 7) is 7.34. The minimum Gasteiger partial charge on any atom is -0.355 e. The highest BCUT2D eigenvalue weighted by Crippen LogP contribution is 2.11. The van der Waals surface area contributed by atoms with Crippen molar-refractivity contribution in [3.63, 3.8) is 0 Å². The molecular formula is C12H25ClN2O2S2. The number of rotatable bonds is 5. The maximum atomic E-state index is 11.8. The highest BCUT2D eigenvalue weighted by molar-refractivity contribution is 7.99. The molecule has 1 fully saturated rings. The third-order valence-electron chi connectivity index (χ3n) is 2.72. The van der Waals surface area contributed by atoms with Gasteiger partial charge >= 0.3 is 0 Å². The molecule has 0 spiro atoms. The summed E-state index contributed by atoms with van der Waals surface area (Å²) in [5, 5.41) is 6.18. The molecule has 1 amide bonds. The van der Waals surface area contributed by atoms with Crippen molar-refractivity contribution in [2.45, 2.75) is 38.0 Å². The van der Waals surface area contributed by atoms with Crippen molar-refractivity contribution < 1.29 is 9.00 Å². The van der Waals surface area contributed by atoms with Crippen molar-refractivity contribution in [1.29, 1.82) is 0 Å². The van der Waals surface area contributed by atoms with Crippen LogP contribution in [0.1, 0.15) is 27.2 Å². The zero-order valence-electron chi connectivity index (χ0n) is 11.9. The van der Waals surface area contributed by atoms with Gasteiger partial charge in [0.25, 0.3) is 0 Å². The van der Waals surface area contributed by atoms with Gasteiger partial charge in [-0.1, -0.05) is 0 Å². The van der Waals surface area contributed by atoms with Gasteiger partial charge < -0.3 is 10.6 Å². The third kappa shape index (κ3) is 8.17. The molecule has 114 valence electrons. The molecule has 0 radical (unpaired) electrons. The summed E-state index contributed by atoms with van der Waals surface area (Å²) in [5.74, 6) is 2.72. The standard InChI is InChI=1S/C12H24N2O2S2.ClH/c1-12(2,3)18(16)7-5-14-11(15)8-10-9-17-6-4-13-10;/h10,13H,4-9H2,1-3H3,(H,14,15);1H. The van der Waals surface area contributed by atoms with Crippen molar-refractivity contribution in [2.24, 2.45) is 0 Å². The fourth-order valence-corrected chi connectivity index (χ4v) is 3.49. The fraction of sp³-hybridized carbons (Fsp3) is 0.917. The van der Waals surface area contributed by atoms with E-state index in [0.717, 1.165) is 18.1 Å². The molecule has 0 aliphatic carbocycles. The van der Waals surface area contributed by atoms with Gasteiger partial charge in [-0.2, -0.15) is 11.8 Å². The molecule has 1 aliphatic heterocycles. The molecule has 4 nitrogen and oxygen atoms in total. The van der Waals surface area contributed by atoms with E-state index in [2.05, 4.69) is 10.6 Å². The van der Waals surface area contributed by atoms with E-state index in [4.69, 9.17) is 0 Å². The molecule has 0 aromatic carbocycles. The molecular weight excluding hydrogens is 304 g/mol. The maximum Gasteiger partial charge on any atom is 0.221 e. The van der Waals surface area contributed by atoms with Crippen molar-refractivity contribution in [2.75, 3.05) is 30.3 Å². The first-order valence-corrected chi connectivity index (χ1v) is 8.83. The summed E-state index contributed by atoms with van der Waals surface area (Å²) < 4.78 is 11.6. The van der Waals surface area contributed by atoms with Crippen LogP contribution in [0.3, 0.4) is 0 Å². The lowest BCUT2D eigenvalue weighted by molar-refractivity contribution is -0.121. The van der Waals surface area contributed by atoms with Crippen LogP contribution in [0.5, 0.6) is 0 Å². The number of amides is 1. The van der Waals surface area contributed by atoms with Gasteiger partial charge in [0.15, 0.2) is 0 Å². The topological polar surface area (TPSA) is 58.2 Å². The molecule has 0 saturated carbocycles. The molecule has 1 aliphatic rings. The lowest BCUT2D eigenvalue weighted by Crippen LogP contribution is -2.42. The van der Waals surface area contributed by atoms with Crippen LogP contribution in [0, 0.1) is 0 Å². The third-order valence-corrected chi connectivity index (χ3v) is 5.79. The Morgan fingerprint density at radius 3 is 2.68 bits per heavy atom. The van der Waals surface area contributed by atoms with Crippen LogP contribution in [0.2, 0.25) is 0 Å². The molecule has 1 heterocycles. The smallest absolute Gasteiger partial charge is 0.221 e. The van der Waals surface area contributed by atoms with Gasteiger partial charge in [0.05, 0.1) is 0 Å². The van der Waals surface area contributed by atoms with E-state index < -0.39 is 10.8 Å². The van der Waals surface area contributed by atoms with E-state index in [-0.39, 0.29) is 29.1 Å². The zero-order valence-corrected chi connectivity index (χ0v) is 14.3. The summed E-state index contributed by atoms with van der Waals surface area (Å²) in [4.78, 5) is 11.7. The van der Waals surface area contributed by atoms with Crippen molar-refractivity contribution >= 4 is 40.9 Å². The monoisotopic (exact) mass is 328 g/mol. The molecule has 0 aromatic heterocycles. The normalized spacial score (nSPS) is 21.3. The molecule has 19 heavy (non-hydrogen) atoms. The average molecular weight is 329 g/mol. The quantitative estimate of drug-likeness (QED) is 0.795. The summed E-state index contributed by atoms with van der Waals surface area (Å²) in [7, 11) is -0.895. The lowest BCUT2D eigenvalue weighted by Gasteiger charge is -2.22. The van der Waals surface area contributed by atoms with Gasteiger partial charge in [0.1, 0.15) is 0 Å². The predicted molar refractivity (Wildman–Crippen MR) is 86.8 cm³/mol. The van der Waals surface area contributed by atoms with Gasteiger partial charge in [-0.3, -0.25) is 9.00 Å². The van der Waals surface area contributed by atoms with Crippen LogP contribution in [0.4, 0.5) is 0 Å². The van der Waals surface area contributed by atoms with Gasteiger partial charge in [-0.15, -0.1) is 12.4 Å². The number of halogens is 1. The SMILES string of the molecule is CC(C)(C)S(=O)CCNC(=O)CC1CSCCN1.Cl. The van der Waals surface area contributed by atoms with E-state index in [9.17, 15) is 9.00 Å². The fourth-order valence-electron chi connectivity index (χ4n) is 1.64.